The number of hydrogen-bond acceptors (Lipinski definition) is 3. The highest BCUT2D eigenvalue weighted by molar-refractivity contribution is 5.37. The van der Waals surface area contributed by atoms with Crippen molar-refractivity contribution in [1.82, 2.24) is 10.2 Å². The highest BCUT2D eigenvalue weighted by atomic mass is 16.5. The van der Waals surface area contributed by atoms with Crippen molar-refractivity contribution in [2.75, 3.05) is 26.7 Å². The van der Waals surface area contributed by atoms with Gasteiger partial charge in [-0.05, 0) is 43.1 Å². The Hall–Kier alpha value is -1.06. The molecule has 1 aromatic carbocycles. The van der Waals surface area contributed by atoms with E-state index in [2.05, 4.69) is 42.3 Å². The van der Waals surface area contributed by atoms with E-state index in [0.29, 0.717) is 0 Å². The van der Waals surface area contributed by atoms with E-state index in [4.69, 9.17) is 4.74 Å². The molecule has 1 saturated heterocycles. The molecule has 1 unspecified atom stereocenters. The summed E-state index contributed by atoms with van der Waals surface area (Å²) in [7, 11) is 1.76. The highest BCUT2D eigenvalue weighted by Gasteiger charge is 2.19. The molecular weight excluding hydrogens is 236 g/mol. The number of hydrogen-bond donors (Lipinski definition) is 1. The lowest BCUT2D eigenvalue weighted by molar-refractivity contribution is 0.311. The maximum atomic E-state index is 5.49. The molecule has 19 heavy (non-hydrogen) atoms. The first kappa shape index (κ1) is 14.4. The van der Waals surface area contributed by atoms with Crippen LogP contribution in [0.5, 0.6) is 5.75 Å². The van der Waals surface area contributed by atoms with Crippen LogP contribution in [0.4, 0.5) is 0 Å². The molecule has 1 aromatic rings. The highest BCUT2D eigenvalue weighted by Crippen LogP contribution is 2.24. The van der Waals surface area contributed by atoms with Crippen LogP contribution in [-0.4, -0.2) is 31.6 Å². The van der Waals surface area contributed by atoms with Gasteiger partial charge in [0.25, 0.3) is 0 Å². The van der Waals surface area contributed by atoms with Gasteiger partial charge in [0.05, 0.1) is 7.11 Å². The van der Waals surface area contributed by atoms with Crippen molar-refractivity contribution in [3.63, 3.8) is 0 Å². The zero-order valence-electron chi connectivity index (χ0n) is 12.4. The molecule has 3 heteroatoms. The molecule has 1 atom stereocenters. The zero-order chi connectivity index (χ0) is 13.7. The van der Waals surface area contributed by atoms with Crippen molar-refractivity contribution < 1.29 is 4.74 Å². The monoisotopic (exact) mass is 262 g/mol. The number of rotatable bonds is 6. The molecule has 0 saturated carbocycles. The molecule has 1 N–H and O–H groups in total. The summed E-state index contributed by atoms with van der Waals surface area (Å²) in [6.07, 6.45) is 1.32. The summed E-state index contributed by atoms with van der Waals surface area (Å²) >= 11 is 0. The number of likely N-dealkylation sites (tertiary alicyclic amines) is 1. The van der Waals surface area contributed by atoms with Crippen molar-refractivity contribution in [1.29, 1.82) is 0 Å². The quantitative estimate of drug-likeness (QED) is 0.853. The van der Waals surface area contributed by atoms with Crippen LogP contribution in [0.2, 0.25) is 0 Å². The van der Waals surface area contributed by atoms with Crippen molar-refractivity contribution in [2.24, 2.45) is 5.92 Å². The average molecular weight is 262 g/mol. The molecule has 0 spiro atoms. The van der Waals surface area contributed by atoms with E-state index in [1.165, 1.54) is 30.6 Å². The SMILES string of the molecule is CCNCc1ccc(OC)c(CN2CCC(C)C2)c1. The molecule has 1 aliphatic heterocycles. The van der Waals surface area contributed by atoms with Gasteiger partial charge < -0.3 is 10.1 Å². The van der Waals surface area contributed by atoms with Crippen molar-refractivity contribution >= 4 is 0 Å². The second-order valence-corrected chi connectivity index (χ2v) is 5.56. The minimum Gasteiger partial charge on any atom is -0.496 e. The Morgan fingerprint density at radius 3 is 2.89 bits per heavy atom. The summed E-state index contributed by atoms with van der Waals surface area (Å²) in [6, 6.07) is 6.53. The van der Waals surface area contributed by atoms with E-state index in [0.717, 1.165) is 31.3 Å². The van der Waals surface area contributed by atoms with Crippen LogP contribution < -0.4 is 10.1 Å². The van der Waals surface area contributed by atoms with E-state index in [1.54, 1.807) is 7.11 Å². The third-order valence-electron chi connectivity index (χ3n) is 3.83. The normalized spacial score (nSPS) is 19.8. The topological polar surface area (TPSA) is 24.5 Å². The van der Waals surface area contributed by atoms with Gasteiger partial charge in [0.1, 0.15) is 5.75 Å². The largest absolute Gasteiger partial charge is 0.496 e. The maximum absolute atomic E-state index is 5.49. The van der Waals surface area contributed by atoms with Gasteiger partial charge >= 0.3 is 0 Å². The molecular formula is C16H26N2O. The summed E-state index contributed by atoms with van der Waals surface area (Å²) in [5, 5.41) is 3.38. The molecule has 0 aromatic heterocycles. The number of nitrogens with zero attached hydrogens (tertiary/aromatic N) is 1. The maximum Gasteiger partial charge on any atom is 0.123 e. The Morgan fingerprint density at radius 1 is 1.42 bits per heavy atom. The van der Waals surface area contributed by atoms with Crippen LogP contribution in [0.25, 0.3) is 0 Å². The van der Waals surface area contributed by atoms with Crippen molar-refractivity contribution in [3.8, 4) is 5.75 Å². The molecule has 2 rings (SSSR count). The summed E-state index contributed by atoms with van der Waals surface area (Å²) in [5.74, 6) is 1.84. The molecule has 0 bridgehead atoms. The Labute approximate surface area is 116 Å². The number of methoxy groups -OCH3 is 1. The van der Waals surface area contributed by atoms with Gasteiger partial charge in [-0.2, -0.15) is 0 Å². The van der Waals surface area contributed by atoms with Crippen LogP contribution in [0.3, 0.4) is 0 Å². The lowest BCUT2D eigenvalue weighted by Gasteiger charge is -2.18. The van der Waals surface area contributed by atoms with Crippen molar-refractivity contribution in [3.05, 3.63) is 29.3 Å². The zero-order valence-corrected chi connectivity index (χ0v) is 12.4. The van der Waals surface area contributed by atoms with Crippen LogP contribution in [0, 0.1) is 5.92 Å². The van der Waals surface area contributed by atoms with Gasteiger partial charge in [0.15, 0.2) is 0 Å². The molecule has 0 amide bonds. The van der Waals surface area contributed by atoms with Gasteiger partial charge in [-0.25, -0.2) is 0 Å². The average Bonchev–Trinajstić information content (AvgIpc) is 2.82. The molecule has 1 heterocycles. The van der Waals surface area contributed by atoms with Gasteiger partial charge in [0, 0.05) is 25.2 Å². The summed E-state index contributed by atoms with van der Waals surface area (Å²) in [4.78, 5) is 2.53. The van der Waals surface area contributed by atoms with E-state index < -0.39 is 0 Å². The van der Waals surface area contributed by atoms with E-state index in [1.807, 2.05) is 0 Å². The fourth-order valence-electron chi connectivity index (χ4n) is 2.75. The second kappa shape index (κ2) is 6.92. The third kappa shape index (κ3) is 3.95. The standard InChI is InChI=1S/C16H26N2O/c1-4-17-10-14-5-6-16(19-3)15(9-14)12-18-8-7-13(2)11-18/h5-6,9,13,17H,4,7-8,10-12H2,1-3H3. The van der Waals surface area contributed by atoms with E-state index >= 15 is 0 Å². The lowest BCUT2D eigenvalue weighted by atomic mass is 10.1. The van der Waals surface area contributed by atoms with Gasteiger partial charge in [-0.1, -0.05) is 19.9 Å². The summed E-state index contributed by atoms with van der Waals surface area (Å²) in [6.45, 7) is 9.83. The number of ether oxygens (including phenoxy) is 1. The Balaban J connectivity index is 2.07. The molecule has 1 aliphatic rings. The van der Waals surface area contributed by atoms with Crippen LogP contribution >= 0.6 is 0 Å². The van der Waals surface area contributed by atoms with Gasteiger partial charge in [-0.15, -0.1) is 0 Å². The molecule has 106 valence electrons. The smallest absolute Gasteiger partial charge is 0.123 e. The number of benzene rings is 1. The van der Waals surface area contributed by atoms with Gasteiger partial charge in [-0.3, -0.25) is 4.90 Å². The van der Waals surface area contributed by atoms with Crippen LogP contribution in [0.1, 0.15) is 31.4 Å². The van der Waals surface area contributed by atoms with E-state index in [9.17, 15) is 0 Å². The Bertz CT molecular complexity index is 406. The first-order valence-corrected chi connectivity index (χ1v) is 7.31. The molecule has 0 radical (unpaired) electrons. The fourth-order valence-corrected chi connectivity index (χ4v) is 2.75. The van der Waals surface area contributed by atoms with Crippen LogP contribution in [0.15, 0.2) is 18.2 Å². The van der Waals surface area contributed by atoms with E-state index in [-0.39, 0.29) is 0 Å². The first-order valence-electron chi connectivity index (χ1n) is 7.31. The Kier molecular flexibility index (Phi) is 5.23. The predicted octanol–water partition coefficient (Wildman–Crippen LogP) is 2.65. The van der Waals surface area contributed by atoms with Gasteiger partial charge in [0.2, 0.25) is 0 Å². The lowest BCUT2D eigenvalue weighted by Crippen LogP contribution is -2.20. The molecule has 3 nitrogen and oxygen atoms in total. The van der Waals surface area contributed by atoms with Crippen molar-refractivity contribution in [2.45, 2.75) is 33.4 Å². The first-order chi connectivity index (χ1) is 9.22. The predicted molar refractivity (Wildman–Crippen MR) is 79.4 cm³/mol. The minimum absolute atomic E-state index is 0.830. The molecule has 0 aliphatic carbocycles. The van der Waals surface area contributed by atoms with Crippen LogP contribution in [-0.2, 0) is 13.1 Å². The summed E-state index contributed by atoms with van der Waals surface area (Å²) in [5.41, 5.74) is 2.65. The summed E-state index contributed by atoms with van der Waals surface area (Å²) < 4.78 is 5.49. The fraction of sp³-hybridized carbons (Fsp3) is 0.625. The third-order valence-corrected chi connectivity index (χ3v) is 3.83. The Morgan fingerprint density at radius 2 is 2.26 bits per heavy atom. The number of nitrogens with one attached hydrogen (secondary N) is 1. The minimum atomic E-state index is 0.830. The second-order valence-electron chi connectivity index (χ2n) is 5.56. The molecule has 1 fully saturated rings.